The highest BCUT2D eigenvalue weighted by atomic mass is 19.4. The van der Waals surface area contributed by atoms with Crippen LogP contribution in [0.5, 0.6) is 0 Å². The molecular weight excluding hydrogens is 352 g/mol. The summed E-state index contributed by atoms with van der Waals surface area (Å²) in [7, 11) is 0. The van der Waals surface area contributed by atoms with Gasteiger partial charge >= 0.3 is 24.2 Å². The smallest absolute Gasteiger partial charge is 0.304 e. The molecule has 0 saturated carbocycles. The van der Waals surface area contributed by atoms with E-state index in [0.29, 0.717) is 0 Å². The Bertz CT molecular complexity index is 731. The van der Waals surface area contributed by atoms with Gasteiger partial charge in [0.25, 0.3) is 0 Å². The Labute approximate surface area is 127 Å². The van der Waals surface area contributed by atoms with Crippen LogP contribution in [0, 0.1) is 0 Å². The molecule has 1 aliphatic heterocycles. The third-order valence-electron chi connectivity index (χ3n) is 2.38. The Morgan fingerprint density at radius 2 is 1.54 bits per heavy atom. The van der Waals surface area contributed by atoms with Crippen LogP contribution in [-0.4, -0.2) is 50.9 Å². The molecule has 2 amide bonds. The molecular formula is C9H5F6N7O2. The van der Waals surface area contributed by atoms with E-state index in [2.05, 4.69) is 25.4 Å². The van der Waals surface area contributed by atoms with Gasteiger partial charge in [-0.25, -0.2) is 0 Å². The summed E-state index contributed by atoms with van der Waals surface area (Å²) in [4.78, 5) is 24.9. The van der Waals surface area contributed by atoms with Gasteiger partial charge in [0, 0.05) is 0 Å². The first-order valence-electron chi connectivity index (χ1n) is 5.79. The van der Waals surface area contributed by atoms with E-state index < -0.39 is 36.0 Å². The molecule has 3 N–H and O–H groups in total. The van der Waals surface area contributed by atoms with Crippen LogP contribution < -0.4 is 10.6 Å². The van der Waals surface area contributed by atoms with Gasteiger partial charge in [-0.3, -0.25) is 20.0 Å². The maximum Gasteiger partial charge on any atom is 0.471 e. The van der Waals surface area contributed by atoms with Gasteiger partial charge in [0.15, 0.2) is 5.82 Å². The Balaban J connectivity index is 1.96. The summed E-state index contributed by atoms with van der Waals surface area (Å²) in [6.07, 6.45) is -10.7. The number of amidine groups is 1. The molecule has 9 nitrogen and oxygen atoms in total. The zero-order valence-corrected chi connectivity index (χ0v) is 11.1. The lowest BCUT2D eigenvalue weighted by Crippen LogP contribution is -2.40. The zero-order chi connectivity index (χ0) is 18.1. The SMILES string of the molecule is O=C(NC1=NN=C(c2nc(NC(=O)C(F)(F)F)n[nH]2)C1)C(F)(F)F. The van der Waals surface area contributed by atoms with Crippen molar-refractivity contribution in [3.8, 4) is 0 Å². The van der Waals surface area contributed by atoms with Crippen LogP contribution >= 0.6 is 0 Å². The van der Waals surface area contributed by atoms with Crippen LogP contribution in [-0.2, 0) is 9.59 Å². The molecule has 0 unspecified atom stereocenters. The lowest BCUT2D eigenvalue weighted by Gasteiger charge is -2.06. The largest absolute Gasteiger partial charge is 0.471 e. The van der Waals surface area contributed by atoms with E-state index in [9.17, 15) is 35.9 Å². The summed E-state index contributed by atoms with van der Waals surface area (Å²) in [5, 5.41) is 14.9. The molecule has 2 rings (SSSR count). The number of aromatic amines is 1. The Morgan fingerprint density at radius 3 is 2.12 bits per heavy atom. The summed E-state index contributed by atoms with van der Waals surface area (Å²) in [6, 6.07) is 0. The summed E-state index contributed by atoms with van der Waals surface area (Å²) < 4.78 is 72.4. The number of rotatable bonds is 2. The topological polar surface area (TPSA) is 124 Å². The molecule has 24 heavy (non-hydrogen) atoms. The number of carbonyl (C=O) groups is 2. The predicted molar refractivity (Wildman–Crippen MR) is 63.9 cm³/mol. The molecule has 0 aliphatic carbocycles. The maximum atomic E-state index is 12.1. The van der Waals surface area contributed by atoms with Crippen molar-refractivity contribution >= 4 is 29.3 Å². The number of hydrogen-bond donors (Lipinski definition) is 3. The second kappa shape index (κ2) is 5.89. The van der Waals surface area contributed by atoms with Crippen molar-refractivity contribution in [3.05, 3.63) is 5.82 Å². The fourth-order valence-corrected chi connectivity index (χ4v) is 1.37. The van der Waals surface area contributed by atoms with Gasteiger partial charge in [-0.1, -0.05) is 0 Å². The lowest BCUT2D eigenvalue weighted by atomic mass is 10.2. The number of nitrogens with one attached hydrogen (secondary N) is 3. The monoisotopic (exact) mass is 357 g/mol. The minimum atomic E-state index is -5.15. The van der Waals surface area contributed by atoms with Crippen molar-refractivity contribution in [2.45, 2.75) is 18.8 Å². The first-order valence-corrected chi connectivity index (χ1v) is 5.79. The third kappa shape index (κ3) is 4.05. The molecule has 0 spiro atoms. The highest BCUT2D eigenvalue weighted by Crippen LogP contribution is 2.17. The van der Waals surface area contributed by atoms with Gasteiger partial charge in [-0.05, 0) is 0 Å². The Kier molecular flexibility index (Phi) is 4.26. The van der Waals surface area contributed by atoms with Crippen molar-refractivity contribution in [1.29, 1.82) is 0 Å². The number of hydrogen-bond acceptors (Lipinski definition) is 6. The van der Waals surface area contributed by atoms with E-state index in [1.54, 1.807) is 0 Å². The van der Waals surface area contributed by atoms with Crippen LogP contribution in [0.1, 0.15) is 12.2 Å². The average Bonchev–Trinajstić information content (AvgIpc) is 3.05. The first kappa shape index (κ1) is 17.4. The van der Waals surface area contributed by atoms with E-state index in [-0.39, 0.29) is 18.0 Å². The van der Waals surface area contributed by atoms with Crippen LogP contribution in [0.25, 0.3) is 0 Å². The van der Waals surface area contributed by atoms with Crippen LogP contribution in [0.15, 0.2) is 10.2 Å². The van der Waals surface area contributed by atoms with E-state index >= 15 is 0 Å². The number of H-pyrrole nitrogens is 1. The number of nitrogens with zero attached hydrogens (tertiary/aromatic N) is 4. The zero-order valence-electron chi connectivity index (χ0n) is 11.1. The van der Waals surface area contributed by atoms with Crippen molar-refractivity contribution in [1.82, 2.24) is 20.5 Å². The molecule has 15 heteroatoms. The standard InChI is InChI=1S/C9H5F6N7O2/c10-8(11,12)5(23)16-3-1-2(19-20-3)4-17-7(22-21-4)18-6(24)9(13,14)15/h1H2,(H,16,20,23)(H2,17,18,21,22,24). The predicted octanol–water partition coefficient (Wildman–Crippen LogP) is 0.490. The summed E-state index contributed by atoms with van der Waals surface area (Å²) in [6.45, 7) is 0. The lowest BCUT2D eigenvalue weighted by molar-refractivity contribution is -0.171. The number of halogens is 6. The summed E-state index contributed by atoms with van der Waals surface area (Å²) in [5.74, 6) is -5.97. The first-order chi connectivity index (χ1) is 11.0. The van der Waals surface area contributed by atoms with Gasteiger partial charge in [0.05, 0.1) is 6.42 Å². The molecule has 2 heterocycles. The number of carbonyl (C=O) groups excluding carboxylic acids is 2. The maximum absolute atomic E-state index is 12.1. The van der Waals surface area contributed by atoms with E-state index in [0.717, 1.165) is 0 Å². The highest BCUT2D eigenvalue weighted by molar-refractivity contribution is 6.16. The molecule has 0 saturated heterocycles. The van der Waals surface area contributed by atoms with Gasteiger partial charge in [0.2, 0.25) is 5.95 Å². The average molecular weight is 357 g/mol. The van der Waals surface area contributed by atoms with Gasteiger partial charge in [0.1, 0.15) is 11.5 Å². The summed E-state index contributed by atoms with van der Waals surface area (Å²) >= 11 is 0. The number of aromatic nitrogens is 3. The van der Waals surface area contributed by atoms with Crippen molar-refractivity contribution in [3.63, 3.8) is 0 Å². The van der Waals surface area contributed by atoms with E-state index in [4.69, 9.17) is 0 Å². The van der Waals surface area contributed by atoms with Crippen molar-refractivity contribution < 1.29 is 35.9 Å². The van der Waals surface area contributed by atoms with E-state index in [1.165, 1.54) is 10.6 Å². The molecule has 0 aromatic carbocycles. The van der Waals surface area contributed by atoms with Gasteiger partial charge in [-0.2, -0.15) is 31.3 Å². The molecule has 1 aliphatic rings. The second-order valence-corrected chi connectivity index (χ2v) is 4.18. The second-order valence-electron chi connectivity index (χ2n) is 4.18. The van der Waals surface area contributed by atoms with Crippen molar-refractivity contribution in [2.75, 3.05) is 5.32 Å². The molecule has 130 valence electrons. The fourth-order valence-electron chi connectivity index (χ4n) is 1.37. The number of amides is 2. The van der Waals surface area contributed by atoms with Crippen LogP contribution in [0.3, 0.4) is 0 Å². The third-order valence-corrected chi connectivity index (χ3v) is 2.38. The minimum Gasteiger partial charge on any atom is -0.304 e. The van der Waals surface area contributed by atoms with Crippen LogP contribution in [0.2, 0.25) is 0 Å². The quantitative estimate of drug-likeness (QED) is 0.666. The molecule has 1 aromatic rings. The molecule has 0 fully saturated rings. The molecule has 1 aromatic heterocycles. The molecule has 0 radical (unpaired) electrons. The summed E-state index contributed by atoms with van der Waals surface area (Å²) in [5.41, 5.74) is -0.104. The van der Waals surface area contributed by atoms with Crippen LogP contribution in [0.4, 0.5) is 32.3 Å². The van der Waals surface area contributed by atoms with E-state index in [1.807, 2.05) is 0 Å². The Hall–Kier alpha value is -3.00. The minimum absolute atomic E-state index is 0.104. The highest BCUT2D eigenvalue weighted by Gasteiger charge is 2.40. The Morgan fingerprint density at radius 1 is 0.958 bits per heavy atom. The number of anilines is 1. The normalized spacial score (nSPS) is 14.9. The fraction of sp³-hybridized carbons (Fsp3) is 0.333. The molecule has 0 atom stereocenters. The number of alkyl halides is 6. The van der Waals surface area contributed by atoms with Crippen molar-refractivity contribution in [2.24, 2.45) is 10.2 Å². The van der Waals surface area contributed by atoms with Gasteiger partial charge < -0.3 is 5.32 Å². The van der Waals surface area contributed by atoms with Gasteiger partial charge in [-0.15, -0.1) is 15.3 Å². The molecule has 0 bridgehead atoms.